The Balaban J connectivity index is 2.85. The molecule has 1 rings (SSSR count). The highest BCUT2D eigenvalue weighted by Gasteiger charge is 2.21. The minimum absolute atomic E-state index is 0.382. The summed E-state index contributed by atoms with van der Waals surface area (Å²) in [6.07, 6.45) is 0. The molecule has 1 aromatic heterocycles. The van der Waals surface area contributed by atoms with Crippen molar-refractivity contribution in [3.05, 3.63) is 21.9 Å². The van der Waals surface area contributed by atoms with Gasteiger partial charge in [-0.3, -0.25) is 0 Å². The van der Waals surface area contributed by atoms with Crippen LogP contribution in [-0.4, -0.2) is 0 Å². The highest BCUT2D eigenvalue weighted by atomic mass is 32.1. The molecule has 1 unspecified atom stereocenters. The van der Waals surface area contributed by atoms with Crippen LogP contribution in [0.5, 0.6) is 0 Å². The summed E-state index contributed by atoms with van der Waals surface area (Å²) in [5.74, 6) is 0.655. The van der Waals surface area contributed by atoms with Gasteiger partial charge in [-0.25, -0.2) is 0 Å². The summed E-state index contributed by atoms with van der Waals surface area (Å²) in [5, 5.41) is 2.28. The van der Waals surface area contributed by atoms with Crippen LogP contribution < -0.4 is 0 Å². The number of hydrogen-bond acceptors (Lipinski definition) is 1. The molecule has 0 spiro atoms. The predicted molar refractivity (Wildman–Crippen MR) is 56.9 cm³/mol. The van der Waals surface area contributed by atoms with E-state index in [9.17, 15) is 0 Å². The van der Waals surface area contributed by atoms with Crippen LogP contribution in [0.15, 0.2) is 11.4 Å². The van der Waals surface area contributed by atoms with Crippen LogP contribution in [0.4, 0.5) is 0 Å². The zero-order valence-electron chi connectivity index (χ0n) is 8.64. The molecule has 12 heavy (non-hydrogen) atoms. The van der Waals surface area contributed by atoms with Gasteiger partial charge in [0.1, 0.15) is 0 Å². The van der Waals surface area contributed by atoms with E-state index in [1.165, 1.54) is 10.4 Å². The standard InChI is InChI=1S/C11H18S/c1-8-6-10(7-12-8)9(2)11(3,4)5/h6-7,9H,1-5H3. The molecule has 0 amide bonds. The second-order valence-corrected chi connectivity index (χ2v) is 5.69. The summed E-state index contributed by atoms with van der Waals surface area (Å²) >= 11 is 1.85. The summed E-state index contributed by atoms with van der Waals surface area (Å²) in [6.45, 7) is 11.4. The first-order chi connectivity index (χ1) is 5.41. The van der Waals surface area contributed by atoms with Crippen LogP contribution in [0.25, 0.3) is 0 Å². The summed E-state index contributed by atoms with van der Waals surface area (Å²) in [4.78, 5) is 1.42. The summed E-state index contributed by atoms with van der Waals surface area (Å²) in [6, 6.07) is 2.31. The van der Waals surface area contributed by atoms with E-state index in [4.69, 9.17) is 0 Å². The van der Waals surface area contributed by atoms with Crippen molar-refractivity contribution in [2.75, 3.05) is 0 Å². The lowest BCUT2D eigenvalue weighted by molar-refractivity contribution is 0.340. The number of rotatable bonds is 1. The average Bonchev–Trinajstić information content (AvgIpc) is 2.32. The van der Waals surface area contributed by atoms with Crippen molar-refractivity contribution in [1.82, 2.24) is 0 Å². The molecule has 1 atom stereocenters. The first kappa shape index (κ1) is 9.79. The van der Waals surface area contributed by atoms with Crippen molar-refractivity contribution >= 4 is 11.3 Å². The van der Waals surface area contributed by atoms with Crippen LogP contribution in [0.2, 0.25) is 0 Å². The van der Waals surface area contributed by atoms with Crippen molar-refractivity contribution in [1.29, 1.82) is 0 Å². The van der Waals surface area contributed by atoms with Crippen LogP contribution in [0, 0.1) is 12.3 Å². The van der Waals surface area contributed by atoms with E-state index in [1.807, 2.05) is 11.3 Å². The highest BCUT2D eigenvalue weighted by Crippen LogP contribution is 2.36. The summed E-state index contributed by atoms with van der Waals surface area (Å²) < 4.78 is 0. The van der Waals surface area contributed by atoms with Gasteiger partial charge < -0.3 is 0 Å². The van der Waals surface area contributed by atoms with E-state index in [2.05, 4.69) is 46.1 Å². The van der Waals surface area contributed by atoms with E-state index in [1.54, 1.807) is 0 Å². The molecule has 0 radical (unpaired) electrons. The SMILES string of the molecule is Cc1cc(C(C)C(C)(C)C)cs1. The van der Waals surface area contributed by atoms with E-state index >= 15 is 0 Å². The Kier molecular flexibility index (Phi) is 2.62. The largest absolute Gasteiger partial charge is 0.149 e. The third kappa shape index (κ3) is 2.10. The third-order valence-electron chi connectivity index (χ3n) is 2.55. The fraction of sp³-hybridized carbons (Fsp3) is 0.636. The van der Waals surface area contributed by atoms with E-state index < -0.39 is 0 Å². The maximum Gasteiger partial charge on any atom is 0.00171 e. The van der Waals surface area contributed by atoms with Gasteiger partial charge in [-0.05, 0) is 35.3 Å². The molecule has 0 bridgehead atoms. The zero-order valence-corrected chi connectivity index (χ0v) is 9.46. The fourth-order valence-electron chi connectivity index (χ4n) is 1.19. The fourth-order valence-corrected chi connectivity index (χ4v) is 1.99. The summed E-state index contributed by atoms with van der Waals surface area (Å²) in [7, 11) is 0. The first-order valence-electron chi connectivity index (χ1n) is 4.46. The molecule has 0 saturated heterocycles. The molecule has 0 N–H and O–H groups in total. The van der Waals surface area contributed by atoms with Gasteiger partial charge in [-0.15, -0.1) is 11.3 Å². The van der Waals surface area contributed by atoms with Gasteiger partial charge in [-0.2, -0.15) is 0 Å². The minimum Gasteiger partial charge on any atom is -0.149 e. The summed E-state index contributed by atoms with van der Waals surface area (Å²) in [5.41, 5.74) is 1.87. The number of aryl methyl sites for hydroxylation is 1. The van der Waals surface area contributed by atoms with E-state index in [0.717, 1.165) is 0 Å². The second-order valence-electron chi connectivity index (χ2n) is 4.58. The Morgan fingerprint density at radius 1 is 1.33 bits per heavy atom. The topological polar surface area (TPSA) is 0 Å². The highest BCUT2D eigenvalue weighted by molar-refractivity contribution is 7.10. The average molecular weight is 182 g/mol. The van der Waals surface area contributed by atoms with E-state index in [0.29, 0.717) is 11.3 Å². The van der Waals surface area contributed by atoms with Gasteiger partial charge in [0.25, 0.3) is 0 Å². The maximum atomic E-state index is 2.31. The Morgan fingerprint density at radius 3 is 2.25 bits per heavy atom. The lowest BCUT2D eigenvalue weighted by Gasteiger charge is -2.26. The van der Waals surface area contributed by atoms with Crippen molar-refractivity contribution in [2.45, 2.75) is 40.5 Å². The Bertz CT molecular complexity index is 252. The van der Waals surface area contributed by atoms with Gasteiger partial charge in [-0.1, -0.05) is 27.7 Å². The quantitative estimate of drug-likeness (QED) is 0.610. The van der Waals surface area contributed by atoms with Gasteiger partial charge >= 0.3 is 0 Å². The van der Waals surface area contributed by atoms with Gasteiger partial charge in [0.2, 0.25) is 0 Å². The van der Waals surface area contributed by atoms with Crippen molar-refractivity contribution < 1.29 is 0 Å². The molecular weight excluding hydrogens is 164 g/mol. The molecule has 1 heterocycles. The molecule has 0 aliphatic rings. The van der Waals surface area contributed by atoms with Crippen LogP contribution in [0.1, 0.15) is 44.1 Å². The predicted octanol–water partition coefficient (Wildman–Crippen LogP) is 4.21. The third-order valence-corrected chi connectivity index (χ3v) is 3.43. The Labute approximate surface area is 79.6 Å². The monoisotopic (exact) mass is 182 g/mol. The Hall–Kier alpha value is -0.300. The molecule has 0 nitrogen and oxygen atoms in total. The molecular formula is C11H18S. The van der Waals surface area contributed by atoms with Gasteiger partial charge in [0.05, 0.1) is 0 Å². The molecule has 1 aromatic rings. The Morgan fingerprint density at radius 2 is 1.92 bits per heavy atom. The van der Waals surface area contributed by atoms with Gasteiger partial charge in [0.15, 0.2) is 0 Å². The van der Waals surface area contributed by atoms with Crippen molar-refractivity contribution in [2.24, 2.45) is 5.41 Å². The lowest BCUT2D eigenvalue weighted by atomic mass is 9.79. The van der Waals surface area contributed by atoms with Crippen LogP contribution >= 0.6 is 11.3 Å². The normalized spacial score (nSPS) is 14.8. The first-order valence-corrected chi connectivity index (χ1v) is 5.34. The van der Waals surface area contributed by atoms with Gasteiger partial charge in [0, 0.05) is 4.88 Å². The van der Waals surface area contributed by atoms with Crippen LogP contribution in [0.3, 0.4) is 0 Å². The molecule has 0 saturated carbocycles. The molecule has 0 fully saturated rings. The van der Waals surface area contributed by atoms with Crippen molar-refractivity contribution in [3.63, 3.8) is 0 Å². The molecule has 0 aliphatic heterocycles. The number of hydrogen-bond donors (Lipinski definition) is 0. The molecule has 1 heteroatoms. The van der Waals surface area contributed by atoms with Crippen molar-refractivity contribution in [3.8, 4) is 0 Å². The minimum atomic E-state index is 0.382. The van der Waals surface area contributed by atoms with Crippen LogP contribution in [-0.2, 0) is 0 Å². The van der Waals surface area contributed by atoms with E-state index in [-0.39, 0.29) is 0 Å². The zero-order chi connectivity index (χ0) is 9.35. The smallest absolute Gasteiger partial charge is 0.00171 e. The number of thiophene rings is 1. The molecule has 0 aliphatic carbocycles. The lowest BCUT2D eigenvalue weighted by Crippen LogP contribution is -2.14. The second kappa shape index (κ2) is 3.21. The molecule has 0 aromatic carbocycles. The molecule has 68 valence electrons. The maximum absolute atomic E-state index is 2.31.